The van der Waals surface area contributed by atoms with Gasteiger partial charge in [-0.1, -0.05) is 38.2 Å². The molecule has 0 atom stereocenters. The smallest absolute Gasteiger partial charge is 0.253 e. The Kier molecular flexibility index (Phi) is 3.98. The van der Waals surface area contributed by atoms with E-state index in [1.165, 1.54) is 0 Å². The van der Waals surface area contributed by atoms with Gasteiger partial charge in [0, 0.05) is 5.41 Å². The zero-order valence-corrected chi connectivity index (χ0v) is 13.1. The van der Waals surface area contributed by atoms with Gasteiger partial charge in [-0.2, -0.15) is 0 Å². The molecule has 0 unspecified atom stereocenters. The molecule has 0 bridgehead atoms. The first-order chi connectivity index (χ1) is 9.61. The lowest BCUT2D eigenvalue weighted by atomic mass is 9.98. The molecule has 0 aliphatic carbocycles. The number of halogens is 2. The van der Waals surface area contributed by atoms with Crippen LogP contribution in [0.25, 0.3) is 0 Å². The molecule has 2 aromatic rings. The topological polar surface area (TPSA) is 72.0 Å². The van der Waals surface area contributed by atoms with Gasteiger partial charge in [-0.05, 0) is 12.1 Å². The standard InChI is InChI=1S/C12H13F2N3O2S2/c1-12(2,3)10-15-16-11(20-10)17-21(18,19)9-7(13)5-4-6-8(9)14/h4-6H,1-3H3,(H,16,17). The van der Waals surface area contributed by atoms with Crippen molar-refractivity contribution in [3.05, 3.63) is 34.8 Å². The van der Waals surface area contributed by atoms with Crippen molar-refractivity contribution >= 4 is 26.5 Å². The van der Waals surface area contributed by atoms with Gasteiger partial charge in [0.25, 0.3) is 10.0 Å². The molecule has 0 amide bonds. The van der Waals surface area contributed by atoms with Gasteiger partial charge >= 0.3 is 0 Å². The van der Waals surface area contributed by atoms with Crippen molar-refractivity contribution in [2.75, 3.05) is 4.72 Å². The Balaban J connectivity index is 2.36. The van der Waals surface area contributed by atoms with Gasteiger partial charge in [-0.25, -0.2) is 17.2 Å². The van der Waals surface area contributed by atoms with Crippen molar-refractivity contribution in [3.8, 4) is 0 Å². The Hall–Kier alpha value is -1.61. The first kappa shape index (κ1) is 15.8. The summed E-state index contributed by atoms with van der Waals surface area (Å²) in [5, 5.41) is 8.12. The summed E-state index contributed by atoms with van der Waals surface area (Å²) in [4.78, 5) is -1.03. The van der Waals surface area contributed by atoms with Gasteiger partial charge in [0.2, 0.25) is 5.13 Å². The minimum absolute atomic E-state index is 0.0393. The van der Waals surface area contributed by atoms with E-state index < -0.39 is 26.6 Å². The molecule has 0 spiro atoms. The van der Waals surface area contributed by atoms with Crippen LogP contribution in [0, 0.1) is 11.6 Å². The van der Waals surface area contributed by atoms with Crippen LogP contribution < -0.4 is 4.72 Å². The maximum Gasteiger partial charge on any atom is 0.269 e. The SMILES string of the molecule is CC(C)(C)c1nnc(NS(=O)(=O)c2c(F)cccc2F)s1. The summed E-state index contributed by atoms with van der Waals surface area (Å²) < 4.78 is 53.2. The molecule has 0 aliphatic rings. The molecule has 1 heterocycles. The molecule has 0 aliphatic heterocycles. The summed E-state index contributed by atoms with van der Waals surface area (Å²) in [5.74, 6) is -2.33. The van der Waals surface area contributed by atoms with Gasteiger partial charge in [0.05, 0.1) is 0 Å². The molecule has 1 N–H and O–H groups in total. The van der Waals surface area contributed by atoms with Crippen LogP contribution in [0.4, 0.5) is 13.9 Å². The molecule has 0 fully saturated rings. The highest BCUT2D eigenvalue weighted by Gasteiger charge is 2.26. The summed E-state index contributed by atoms with van der Waals surface area (Å²) in [5.41, 5.74) is -0.301. The number of aromatic nitrogens is 2. The average molecular weight is 333 g/mol. The number of nitrogens with one attached hydrogen (secondary N) is 1. The minimum atomic E-state index is -4.40. The van der Waals surface area contributed by atoms with Crippen LogP contribution >= 0.6 is 11.3 Å². The Morgan fingerprint density at radius 1 is 1.14 bits per heavy atom. The molecule has 0 saturated carbocycles. The lowest BCUT2D eigenvalue weighted by molar-refractivity contribution is 0.521. The maximum absolute atomic E-state index is 13.6. The van der Waals surface area contributed by atoms with E-state index in [4.69, 9.17) is 0 Å². The average Bonchev–Trinajstić information content (AvgIpc) is 2.75. The molecule has 0 radical (unpaired) electrons. The van der Waals surface area contributed by atoms with E-state index in [9.17, 15) is 17.2 Å². The molecule has 5 nitrogen and oxygen atoms in total. The monoisotopic (exact) mass is 333 g/mol. The molecule has 2 rings (SSSR count). The highest BCUT2D eigenvalue weighted by Crippen LogP contribution is 2.29. The van der Waals surface area contributed by atoms with Crippen LogP contribution in [0.3, 0.4) is 0 Å². The van der Waals surface area contributed by atoms with Crippen molar-refractivity contribution in [2.24, 2.45) is 0 Å². The minimum Gasteiger partial charge on any atom is -0.253 e. The lowest BCUT2D eigenvalue weighted by Crippen LogP contribution is -2.16. The molecule has 1 aromatic heterocycles. The Morgan fingerprint density at radius 3 is 2.19 bits per heavy atom. The third-order valence-electron chi connectivity index (χ3n) is 2.48. The van der Waals surface area contributed by atoms with Gasteiger partial charge in [0.15, 0.2) is 4.90 Å². The summed E-state index contributed by atoms with van der Waals surface area (Å²) in [6.45, 7) is 5.67. The number of benzene rings is 1. The molecule has 114 valence electrons. The molecule has 0 saturated heterocycles. The van der Waals surface area contributed by atoms with E-state index in [2.05, 4.69) is 10.2 Å². The fourth-order valence-corrected chi connectivity index (χ4v) is 3.64. The van der Waals surface area contributed by atoms with E-state index in [0.717, 1.165) is 29.5 Å². The molecule has 1 aromatic carbocycles. The number of hydrogen-bond donors (Lipinski definition) is 1. The van der Waals surface area contributed by atoms with Crippen molar-refractivity contribution in [1.29, 1.82) is 0 Å². The van der Waals surface area contributed by atoms with Crippen LogP contribution in [0.2, 0.25) is 0 Å². The van der Waals surface area contributed by atoms with E-state index in [1.54, 1.807) is 0 Å². The lowest BCUT2D eigenvalue weighted by Gasteiger charge is -2.12. The predicted octanol–water partition coefficient (Wildman–Crippen LogP) is 2.91. The first-order valence-corrected chi connectivity index (χ1v) is 8.22. The van der Waals surface area contributed by atoms with E-state index >= 15 is 0 Å². The van der Waals surface area contributed by atoms with Crippen molar-refractivity contribution in [3.63, 3.8) is 0 Å². The number of hydrogen-bond acceptors (Lipinski definition) is 5. The number of sulfonamides is 1. The predicted molar refractivity (Wildman–Crippen MR) is 75.8 cm³/mol. The Labute approximate surface area is 125 Å². The van der Waals surface area contributed by atoms with Crippen LogP contribution in [-0.2, 0) is 15.4 Å². The molecular formula is C12H13F2N3O2S2. The highest BCUT2D eigenvalue weighted by molar-refractivity contribution is 7.93. The second-order valence-electron chi connectivity index (χ2n) is 5.32. The zero-order valence-electron chi connectivity index (χ0n) is 11.5. The second-order valence-corrected chi connectivity index (χ2v) is 7.92. The molecular weight excluding hydrogens is 320 g/mol. The van der Waals surface area contributed by atoms with Gasteiger partial charge < -0.3 is 0 Å². The van der Waals surface area contributed by atoms with E-state index in [1.807, 2.05) is 25.5 Å². The summed E-state index contributed by atoms with van der Waals surface area (Å²) in [6, 6.07) is 2.84. The summed E-state index contributed by atoms with van der Waals surface area (Å²) in [7, 11) is -4.40. The van der Waals surface area contributed by atoms with Crippen molar-refractivity contribution in [1.82, 2.24) is 10.2 Å². The van der Waals surface area contributed by atoms with Gasteiger partial charge in [-0.3, -0.25) is 4.72 Å². The summed E-state index contributed by atoms with van der Waals surface area (Å²) in [6.07, 6.45) is 0. The fourth-order valence-electron chi connectivity index (χ4n) is 1.47. The third-order valence-corrected chi connectivity index (χ3v) is 5.26. The van der Waals surface area contributed by atoms with Crippen LogP contribution in [-0.4, -0.2) is 18.6 Å². The first-order valence-electron chi connectivity index (χ1n) is 5.92. The highest BCUT2D eigenvalue weighted by atomic mass is 32.2. The number of nitrogens with zero attached hydrogens (tertiary/aromatic N) is 2. The quantitative estimate of drug-likeness (QED) is 0.937. The zero-order chi connectivity index (χ0) is 15.8. The van der Waals surface area contributed by atoms with Crippen molar-refractivity contribution in [2.45, 2.75) is 31.1 Å². The summed E-state index contributed by atoms with van der Waals surface area (Å²) >= 11 is 1.02. The van der Waals surface area contributed by atoms with Crippen LogP contribution in [0.1, 0.15) is 25.8 Å². The van der Waals surface area contributed by atoms with E-state index in [0.29, 0.717) is 5.01 Å². The molecule has 9 heteroatoms. The third kappa shape index (κ3) is 3.35. The second kappa shape index (κ2) is 5.30. The van der Waals surface area contributed by atoms with Gasteiger partial charge in [-0.15, -0.1) is 10.2 Å². The number of rotatable bonds is 3. The molecule has 21 heavy (non-hydrogen) atoms. The largest absolute Gasteiger partial charge is 0.269 e. The Bertz CT molecular complexity index is 747. The Morgan fingerprint density at radius 2 is 1.71 bits per heavy atom. The fraction of sp³-hybridized carbons (Fsp3) is 0.333. The van der Waals surface area contributed by atoms with Gasteiger partial charge in [0.1, 0.15) is 16.6 Å². The van der Waals surface area contributed by atoms with Crippen LogP contribution in [0.5, 0.6) is 0 Å². The van der Waals surface area contributed by atoms with Crippen LogP contribution in [0.15, 0.2) is 23.1 Å². The van der Waals surface area contributed by atoms with Crippen molar-refractivity contribution < 1.29 is 17.2 Å². The van der Waals surface area contributed by atoms with E-state index in [-0.39, 0.29) is 10.5 Å². The maximum atomic E-state index is 13.6. The normalized spacial score (nSPS) is 12.4. The number of anilines is 1.